The Morgan fingerprint density at radius 2 is 2.12 bits per heavy atom. The minimum atomic E-state index is -3.25. The van der Waals surface area contributed by atoms with Gasteiger partial charge in [-0.25, -0.2) is 8.78 Å². The van der Waals surface area contributed by atoms with Crippen LogP contribution in [0.25, 0.3) is 0 Å². The number of halogens is 4. The van der Waals surface area contributed by atoms with Crippen LogP contribution in [0.5, 0.6) is 0 Å². The first-order valence-corrected chi connectivity index (χ1v) is 4.05. The highest BCUT2D eigenvalue weighted by Crippen LogP contribution is 2.27. The Labute approximate surface area is 91.0 Å². The Balaban J connectivity index is 3.49. The van der Waals surface area contributed by atoms with Crippen LogP contribution < -0.4 is 0 Å². The van der Waals surface area contributed by atoms with Gasteiger partial charge in [-0.15, -0.1) is 0 Å². The van der Waals surface area contributed by atoms with Crippen LogP contribution in [0.2, 0.25) is 0 Å². The molecule has 16 heavy (non-hydrogen) atoms. The summed E-state index contributed by atoms with van der Waals surface area (Å²) in [5.74, 6) is -2.90. The highest BCUT2D eigenvalue weighted by atomic mass is 35.5. The molecule has 0 N–H and O–H groups in total. The van der Waals surface area contributed by atoms with Crippen LogP contribution in [0.3, 0.4) is 0 Å². The molecule has 0 amide bonds. The molecule has 0 saturated carbocycles. The van der Waals surface area contributed by atoms with Gasteiger partial charge in [-0.2, -0.15) is 4.39 Å². The number of alkyl halides is 2. The summed E-state index contributed by atoms with van der Waals surface area (Å²) in [7, 11) is 0. The number of nitrogens with zero attached hydrogens (tertiary/aromatic N) is 2. The van der Waals surface area contributed by atoms with Crippen molar-refractivity contribution in [3.05, 3.63) is 33.3 Å². The Bertz CT molecular complexity index is 466. The zero-order valence-electron chi connectivity index (χ0n) is 7.29. The van der Waals surface area contributed by atoms with Crippen molar-refractivity contribution in [2.45, 2.75) is 6.43 Å². The molecule has 1 rings (SSSR count). The van der Waals surface area contributed by atoms with E-state index in [0.29, 0.717) is 6.07 Å². The zero-order valence-corrected chi connectivity index (χ0v) is 8.04. The van der Waals surface area contributed by atoms with Crippen molar-refractivity contribution in [2.75, 3.05) is 0 Å². The maximum atomic E-state index is 12.9. The Morgan fingerprint density at radius 3 is 2.50 bits per heavy atom. The normalized spacial score (nSPS) is 10.6. The molecule has 1 aromatic heterocycles. The average Bonchev–Trinajstić information content (AvgIpc) is 2.15. The zero-order chi connectivity index (χ0) is 12.5. The highest BCUT2D eigenvalue weighted by molar-refractivity contribution is 6.68. The van der Waals surface area contributed by atoms with E-state index in [1.165, 1.54) is 0 Å². The topological polar surface area (TPSA) is 73.1 Å². The Morgan fingerprint density at radius 1 is 1.56 bits per heavy atom. The molecule has 0 unspecified atom stereocenters. The second-order valence-corrected chi connectivity index (χ2v) is 2.91. The summed E-state index contributed by atoms with van der Waals surface area (Å²) in [5, 5.41) is 8.98. The summed E-state index contributed by atoms with van der Waals surface area (Å²) in [5.41, 5.74) is -2.09. The molecule has 0 spiro atoms. The van der Waals surface area contributed by atoms with Crippen molar-refractivity contribution in [3.8, 4) is 0 Å². The largest absolute Gasteiger partial charge is 0.379 e. The lowest BCUT2D eigenvalue weighted by Gasteiger charge is -2.01. The van der Waals surface area contributed by atoms with Crippen molar-refractivity contribution >= 4 is 22.7 Å². The molecule has 0 aliphatic heterocycles. The van der Waals surface area contributed by atoms with E-state index in [9.17, 15) is 28.1 Å². The Hall–Kier alpha value is -1.70. The number of pyridine rings is 1. The van der Waals surface area contributed by atoms with E-state index in [0.717, 1.165) is 0 Å². The second kappa shape index (κ2) is 4.44. The van der Waals surface area contributed by atoms with Gasteiger partial charge in [0.1, 0.15) is 11.1 Å². The molecule has 5 nitrogen and oxygen atoms in total. The predicted octanol–water partition coefficient (Wildman–Crippen LogP) is 2.45. The Kier molecular flexibility index (Phi) is 3.43. The third-order valence-corrected chi connectivity index (χ3v) is 1.81. The van der Waals surface area contributed by atoms with Gasteiger partial charge in [0.15, 0.2) is 0 Å². The van der Waals surface area contributed by atoms with E-state index in [1.54, 1.807) is 0 Å². The molecule has 0 saturated heterocycles. The fraction of sp³-hybridized carbons (Fsp3) is 0.143. The fourth-order valence-corrected chi connectivity index (χ4v) is 1.07. The van der Waals surface area contributed by atoms with Crippen LogP contribution in [0.1, 0.15) is 22.3 Å². The van der Waals surface area contributed by atoms with E-state index in [-0.39, 0.29) is 0 Å². The van der Waals surface area contributed by atoms with Gasteiger partial charge in [-0.05, 0) is 27.6 Å². The molecule has 0 fully saturated rings. The van der Waals surface area contributed by atoms with Crippen LogP contribution in [-0.4, -0.2) is 15.1 Å². The lowest BCUT2D eigenvalue weighted by atomic mass is 10.2. The average molecular weight is 255 g/mol. The molecule has 1 heterocycles. The van der Waals surface area contributed by atoms with Crippen molar-refractivity contribution in [1.29, 1.82) is 0 Å². The number of hydrogen-bond donors (Lipinski definition) is 0. The monoisotopic (exact) mass is 254 g/mol. The number of hydrogen-bond acceptors (Lipinski definition) is 4. The molecule has 0 atom stereocenters. The fourth-order valence-electron chi connectivity index (χ4n) is 0.934. The molecule has 0 aliphatic carbocycles. The van der Waals surface area contributed by atoms with Crippen molar-refractivity contribution in [1.82, 2.24) is 4.98 Å². The molecule has 0 bridgehead atoms. The van der Waals surface area contributed by atoms with E-state index in [1.807, 2.05) is 0 Å². The summed E-state index contributed by atoms with van der Waals surface area (Å²) < 4.78 is 37.3. The quantitative estimate of drug-likeness (QED) is 0.359. The lowest BCUT2D eigenvalue weighted by molar-refractivity contribution is -0.390. The molecular formula is C7H2ClF3N2O3. The molecule has 86 valence electrons. The van der Waals surface area contributed by atoms with Crippen LogP contribution in [0, 0.1) is 16.1 Å². The summed E-state index contributed by atoms with van der Waals surface area (Å²) in [6.45, 7) is 0. The first-order chi connectivity index (χ1) is 7.34. The van der Waals surface area contributed by atoms with Crippen LogP contribution in [0.4, 0.5) is 19.0 Å². The van der Waals surface area contributed by atoms with E-state index >= 15 is 0 Å². The maximum Gasteiger partial charge on any atom is 0.379 e. The van der Waals surface area contributed by atoms with Crippen LogP contribution in [-0.2, 0) is 0 Å². The summed E-state index contributed by atoms with van der Waals surface area (Å²) in [6, 6.07) is 0.320. The van der Waals surface area contributed by atoms with E-state index in [4.69, 9.17) is 11.6 Å². The van der Waals surface area contributed by atoms with Gasteiger partial charge in [0.2, 0.25) is 0 Å². The van der Waals surface area contributed by atoms with Gasteiger partial charge in [-0.3, -0.25) is 4.79 Å². The number of carbonyl (C=O) groups excluding carboxylic acids is 1. The molecular weight excluding hydrogens is 253 g/mol. The lowest BCUT2D eigenvalue weighted by Crippen LogP contribution is -2.06. The third-order valence-electron chi connectivity index (χ3n) is 1.60. The van der Waals surface area contributed by atoms with Gasteiger partial charge >= 0.3 is 11.8 Å². The van der Waals surface area contributed by atoms with E-state index in [2.05, 4.69) is 4.98 Å². The predicted molar refractivity (Wildman–Crippen MR) is 46.0 cm³/mol. The first kappa shape index (κ1) is 12.4. The molecule has 9 heteroatoms. The number of nitro groups is 1. The summed E-state index contributed by atoms with van der Waals surface area (Å²) in [6.07, 6.45) is -3.25. The van der Waals surface area contributed by atoms with Gasteiger partial charge < -0.3 is 10.1 Å². The van der Waals surface area contributed by atoms with Crippen LogP contribution in [0.15, 0.2) is 6.07 Å². The number of carbonyl (C=O) groups is 1. The minimum Gasteiger partial charge on any atom is -0.358 e. The molecule has 0 radical (unpaired) electrons. The number of aromatic nitrogens is 1. The van der Waals surface area contributed by atoms with Gasteiger partial charge in [-0.1, -0.05) is 0 Å². The van der Waals surface area contributed by atoms with Gasteiger partial charge in [0.05, 0.1) is 0 Å². The summed E-state index contributed by atoms with van der Waals surface area (Å²) in [4.78, 5) is 22.5. The van der Waals surface area contributed by atoms with Crippen LogP contribution >= 0.6 is 11.6 Å². The standard InChI is InChI=1S/C7H2ClF3N2O3/c8-4(14)2-1-3(5(9)10)6(11)12-7(2)13(15)16/h1,5H. The minimum absolute atomic E-state index is 0.320. The third kappa shape index (κ3) is 2.27. The van der Waals surface area contributed by atoms with E-state index < -0.39 is 39.5 Å². The van der Waals surface area contributed by atoms with Crippen molar-refractivity contribution in [2.24, 2.45) is 0 Å². The highest BCUT2D eigenvalue weighted by Gasteiger charge is 2.28. The van der Waals surface area contributed by atoms with Crippen molar-refractivity contribution < 1.29 is 22.9 Å². The smallest absolute Gasteiger partial charge is 0.358 e. The number of rotatable bonds is 3. The first-order valence-electron chi connectivity index (χ1n) is 3.67. The molecule has 0 aromatic carbocycles. The second-order valence-electron chi connectivity index (χ2n) is 2.57. The summed E-state index contributed by atoms with van der Waals surface area (Å²) >= 11 is 4.93. The van der Waals surface area contributed by atoms with Crippen molar-refractivity contribution in [3.63, 3.8) is 0 Å². The maximum absolute atomic E-state index is 12.9. The van der Waals surface area contributed by atoms with Gasteiger partial charge in [0.25, 0.3) is 11.7 Å². The molecule has 1 aromatic rings. The molecule has 0 aliphatic rings. The van der Waals surface area contributed by atoms with Gasteiger partial charge in [0, 0.05) is 0 Å². The SMILES string of the molecule is O=C(Cl)c1cc(C(F)F)c(F)nc1[N+](=O)[O-].